The number of aromatic nitrogens is 4. The van der Waals surface area contributed by atoms with Crippen LogP contribution in [0.25, 0.3) is 16.9 Å². The van der Waals surface area contributed by atoms with Crippen LogP contribution in [0, 0.1) is 6.92 Å². The number of fused-ring (bicyclic) bond motifs is 3. The molecule has 4 N–H and O–H groups in total. The average molecular weight is 557 g/mol. The molecular formula is C28H24N6O7. The molecule has 0 saturated carbocycles. The van der Waals surface area contributed by atoms with Crippen molar-refractivity contribution in [3.8, 4) is 5.88 Å². The van der Waals surface area contributed by atoms with Gasteiger partial charge in [0.1, 0.15) is 11.4 Å². The number of nitrogens with zero attached hydrogens (tertiary/aromatic N) is 4. The number of oxazole rings is 1. The zero-order valence-corrected chi connectivity index (χ0v) is 22.0. The summed E-state index contributed by atoms with van der Waals surface area (Å²) in [5, 5.41) is 25.4. The number of carboxylic acid groups (broad SMARTS) is 1. The van der Waals surface area contributed by atoms with E-state index in [1.165, 1.54) is 16.7 Å². The van der Waals surface area contributed by atoms with E-state index in [1.54, 1.807) is 38.2 Å². The SMILES string of the molecule is Cc1c(C(=O)O)ccc2c1CC[C@@H]2NC(=O)c1cc(C(=O)NCc2ccc3oc(=O)n(C)c3c2)n2c(O)cnc2n1. The molecule has 0 unspecified atom stereocenters. The van der Waals surface area contributed by atoms with Crippen molar-refractivity contribution >= 4 is 34.7 Å². The lowest BCUT2D eigenvalue weighted by molar-refractivity contribution is 0.0695. The van der Waals surface area contributed by atoms with Gasteiger partial charge in [0.25, 0.3) is 11.8 Å². The Morgan fingerprint density at radius 1 is 1.15 bits per heavy atom. The van der Waals surface area contributed by atoms with Gasteiger partial charge in [-0.3, -0.25) is 14.2 Å². The van der Waals surface area contributed by atoms with E-state index in [0.29, 0.717) is 35.1 Å². The number of hydrogen-bond donors (Lipinski definition) is 4. The van der Waals surface area contributed by atoms with Gasteiger partial charge in [0, 0.05) is 13.6 Å². The van der Waals surface area contributed by atoms with Crippen molar-refractivity contribution in [2.75, 3.05) is 0 Å². The number of imidazole rings is 1. The Labute approximate surface area is 231 Å². The van der Waals surface area contributed by atoms with Gasteiger partial charge in [-0.15, -0.1) is 0 Å². The van der Waals surface area contributed by atoms with Gasteiger partial charge >= 0.3 is 11.7 Å². The number of nitrogens with one attached hydrogen (secondary N) is 2. The van der Waals surface area contributed by atoms with Crippen LogP contribution in [0.5, 0.6) is 5.88 Å². The maximum atomic E-state index is 13.3. The smallest absolute Gasteiger partial charge is 0.419 e. The molecule has 1 atom stereocenters. The summed E-state index contributed by atoms with van der Waals surface area (Å²) in [7, 11) is 1.58. The summed E-state index contributed by atoms with van der Waals surface area (Å²) in [4.78, 5) is 58.1. The quantitative estimate of drug-likeness (QED) is 0.244. The van der Waals surface area contributed by atoms with Crippen molar-refractivity contribution < 1.29 is 29.0 Å². The van der Waals surface area contributed by atoms with Crippen LogP contribution in [0.1, 0.15) is 66.1 Å². The molecule has 1 aliphatic rings. The lowest BCUT2D eigenvalue weighted by Gasteiger charge is -2.16. The first kappa shape index (κ1) is 25.8. The molecule has 0 bridgehead atoms. The number of aromatic carboxylic acids is 1. The number of carbonyl (C=O) groups is 3. The lowest BCUT2D eigenvalue weighted by Crippen LogP contribution is -2.30. The molecule has 6 rings (SSSR count). The molecule has 1 aliphatic carbocycles. The fourth-order valence-corrected chi connectivity index (χ4v) is 5.31. The number of aromatic hydroxyl groups is 1. The number of carboxylic acids is 1. The Balaban J connectivity index is 1.25. The summed E-state index contributed by atoms with van der Waals surface area (Å²) in [5.74, 6) is -3.01. The maximum absolute atomic E-state index is 13.3. The predicted molar refractivity (Wildman–Crippen MR) is 144 cm³/mol. The van der Waals surface area contributed by atoms with Crippen LogP contribution < -0.4 is 16.4 Å². The molecule has 2 amide bonds. The van der Waals surface area contributed by atoms with Crippen LogP contribution in [-0.4, -0.2) is 46.9 Å². The van der Waals surface area contributed by atoms with E-state index >= 15 is 0 Å². The van der Waals surface area contributed by atoms with Crippen molar-refractivity contribution in [1.82, 2.24) is 29.6 Å². The number of amides is 2. The van der Waals surface area contributed by atoms with Gasteiger partial charge in [0.05, 0.1) is 23.3 Å². The lowest BCUT2D eigenvalue weighted by atomic mass is 9.98. The molecular weight excluding hydrogens is 532 g/mol. The minimum Gasteiger partial charge on any atom is -0.493 e. The highest BCUT2D eigenvalue weighted by Crippen LogP contribution is 2.35. The Morgan fingerprint density at radius 3 is 2.73 bits per heavy atom. The first-order valence-corrected chi connectivity index (χ1v) is 12.7. The van der Waals surface area contributed by atoms with Gasteiger partial charge in [-0.1, -0.05) is 12.1 Å². The number of hydrogen-bond acceptors (Lipinski definition) is 8. The van der Waals surface area contributed by atoms with Crippen molar-refractivity contribution in [2.24, 2.45) is 7.05 Å². The number of carbonyl (C=O) groups excluding carboxylic acids is 2. The third kappa shape index (κ3) is 4.36. The Kier molecular flexibility index (Phi) is 6.06. The van der Waals surface area contributed by atoms with Gasteiger partial charge in [-0.2, -0.15) is 0 Å². The van der Waals surface area contributed by atoms with Crippen molar-refractivity contribution in [1.29, 1.82) is 0 Å². The normalized spacial score (nSPS) is 14.3. The van der Waals surface area contributed by atoms with E-state index in [-0.39, 0.29) is 41.2 Å². The van der Waals surface area contributed by atoms with Crippen LogP contribution in [0.3, 0.4) is 0 Å². The van der Waals surface area contributed by atoms with E-state index in [2.05, 4.69) is 20.6 Å². The van der Waals surface area contributed by atoms with Crippen LogP contribution >= 0.6 is 0 Å². The highest BCUT2D eigenvalue weighted by Gasteiger charge is 2.29. The van der Waals surface area contributed by atoms with Gasteiger partial charge in [0.2, 0.25) is 11.7 Å². The number of benzene rings is 2. The molecule has 13 nitrogen and oxygen atoms in total. The number of aryl methyl sites for hydroxylation is 1. The topological polar surface area (TPSA) is 181 Å². The molecule has 0 radical (unpaired) electrons. The van der Waals surface area contributed by atoms with Gasteiger partial charge in [-0.05, 0) is 66.3 Å². The minimum absolute atomic E-state index is 0.0381. The fraction of sp³-hybridized carbons (Fsp3) is 0.214. The Bertz CT molecular complexity index is 1970. The maximum Gasteiger partial charge on any atom is 0.419 e. The van der Waals surface area contributed by atoms with E-state index in [1.807, 2.05) is 0 Å². The van der Waals surface area contributed by atoms with E-state index in [4.69, 9.17) is 4.42 Å². The number of rotatable bonds is 6. The van der Waals surface area contributed by atoms with Crippen molar-refractivity contribution in [3.63, 3.8) is 0 Å². The van der Waals surface area contributed by atoms with Crippen LogP contribution in [0.2, 0.25) is 0 Å². The molecule has 0 saturated heterocycles. The summed E-state index contributed by atoms with van der Waals surface area (Å²) < 4.78 is 7.63. The molecule has 0 fully saturated rings. The molecule has 3 heterocycles. The largest absolute Gasteiger partial charge is 0.493 e. The summed E-state index contributed by atoms with van der Waals surface area (Å²) in [6.45, 7) is 1.84. The second kappa shape index (κ2) is 9.62. The van der Waals surface area contributed by atoms with Crippen LogP contribution in [-0.2, 0) is 20.0 Å². The van der Waals surface area contributed by atoms with E-state index in [0.717, 1.165) is 21.7 Å². The standard InChI is InChI=1S/C28H24N6O7/c1-13-15-6-7-18(17(15)5-4-16(13)26(38)39)31-24(36)19-10-21(34-23(35)12-30-27(34)32-19)25(37)29-11-14-3-8-22-20(9-14)33(2)28(40)41-22/h3-5,8-10,12,18,35H,6-7,11H2,1-2H3,(H,29,37)(H,31,36)(H,38,39)/t18-/m0/s1. The van der Waals surface area contributed by atoms with Crippen molar-refractivity contribution in [2.45, 2.75) is 32.4 Å². The molecule has 0 spiro atoms. The van der Waals surface area contributed by atoms with Gasteiger partial charge in [0.15, 0.2) is 5.58 Å². The molecule has 3 aromatic heterocycles. The van der Waals surface area contributed by atoms with Crippen LogP contribution in [0.15, 0.2) is 51.8 Å². The van der Waals surface area contributed by atoms with Crippen LogP contribution in [0.4, 0.5) is 0 Å². The first-order chi connectivity index (χ1) is 19.6. The summed E-state index contributed by atoms with van der Waals surface area (Å²) in [6.07, 6.45) is 2.32. The third-order valence-corrected chi connectivity index (χ3v) is 7.46. The summed E-state index contributed by atoms with van der Waals surface area (Å²) in [6, 6.07) is 9.22. The Hall–Kier alpha value is -5.46. The van der Waals surface area contributed by atoms with E-state index < -0.39 is 23.5 Å². The molecule has 208 valence electrons. The highest BCUT2D eigenvalue weighted by molar-refractivity contribution is 5.98. The zero-order chi connectivity index (χ0) is 29.0. The minimum atomic E-state index is -1.00. The Morgan fingerprint density at radius 2 is 1.95 bits per heavy atom. The zero-order valence-electron chi connectivity index (χ0n) is 22.0. The summed E-state index contributed by atoms with van der Waals surface area (Å²) >= 11 is 0. The van der Waals surface area contributed by atoms with Gasteiger partial charge in [-0.25, -0.2) is 24.0 Å². The molecule has 41 heavy (non-hydrogen) atoms. The average Bonchev–Trinajstić information content (AvgIpc) is 3.62. The predicted octanol–water partition coefficient (Wildman–Crippen LogP) is 2.23. The fourth-order valence-electron chi connectivity index (χ4n) is 5.31. The molecule has 0 aliphatic heterocycles. The van der Waals surface area contributed by atoms with Crippen molar-refractivity contribution in [3.05, 3.63) is 92.4 Å². The third-order valence-electron chi connectivity index (χ3n) is 7.46. The summed E-state index contributed by atoms with van der Waals surface area (Å²) in [5.41, 5.74) is 4.19. The molecule has 5 aromatic rings. The second-order valence-electron chi connectivity index (χ2n) is 9.87. The monoisotopic (exact) mass is 556 g/mol. The molecule has 13 heteroatoms. The highest BCUT2D eigenvalue weighted by atomic mass is 16.4. The van der Waals surface area contributed by atoms with Gasteiger partial charge < -0.3 is 25.3 Å². The van der Waals surface area contributed by atoms with E-state index in [9.17, 15) is 29.4 Å². The first-order valence-electron chi connectivity index (χ1n) is 12.7. The second-order valence-corrected chi connectivity index (χ2v) is 9.87. The molecule has 2 aromatic carbocycles.